The average molecular weight is 342 g/mol. The molecule has 0 fully saturated rings. The Morgan fingerprint density at radius 3 is 1.65 bits per heavy atom. The molecule has 0 aliphatic rings. The number of phosphoric acid groups is 2. The summed E-state index contributed by atoms with van der Waals surface area (Å²) in [5.74, 6) is -2.05. The Bertz CT molecular complexity index is 422. The summed E-state index contributed by atoms with van der Waals surface area (Å²) in [5, 5.41) is 36.3. The maximum Gasteiger partial charge on any atom is 0.527 e. The van der Waals surface area contributed by atoms with E-state index in [9.17, 15) is 19.0 Å². The molecular formula is C5H12O13P2. The van der Waals surface area contributed by atoms with Crippen molar-refractivity contribution in [2.45, 2.75) is 24.6 Å². The molecule has 0 saturated heterocycles. The number of hydrogen-bond donors (Lipinski definition) is 8. The molecule has 0 aliphatic carbocycles. The first-order valence-corrected chi connectivity index (χ1v) is 7.56. The van der Waals surface area contributed by atoms with Crippen LogP contribution in [0.4, 0.5) is 0 Å². The van der Waals surface area contributed by atoms with Gasteiger partial charge in [0, 0.05) is 0 Å². The standard InChI is InChI=1S/C5H12O13P2/c6-1(2(7)4(9)17-19(11,12)13)3(8)5(10)18-20(14,15)16/h1-4,6-9H,(H2,11,12,13)(H2,14,15,16)/t1-,2+,3+,4?/m0/s1. The van der Waals surface area contributed by atoms with Crippen molar-refractivity contribution in [3.8, 4) is 0 Å². The zero-order valence-electron chi connectivity index (χ0n) is 9.32. The zero-order valence-corrected chi connectivity index (χ0v) is 11.1. The summed E-state index contributed by atoms with van der Waals surface area (Å²) < 4.78 is 27.5. The number of carbonyl (C=O) groups excluding carboxylic acids is 1. The summed E-state index contributed by atoms with van der Waals surface area (Å²) in [4.78, 5) is 44.0. The zero-order chi connectivity index (χ0) is 16.3. The van der Waals surface area contributed by atoms with Gasteiger partial charge in [0.05, 0.1) is 0 Å². The van der Waals surface area contributed by atoms with Crippen LogP contribution in [0.5, 0.6) is 0 Å². The van der Waals surface area contributed by atoms with Gasteiger partial charge in [0.15, 0.2) is 12.4 Å². The molecule has 0 aliphatic heterocycles. The number of phosphoric ester groups is 2. The monoisotopic (exact) mass is 342 g/mol. The second-order valence-corrected chi connectivity index (χ2v) is 5.67. The first-order valence-electron chi connectivity index (χ1n) is 4.50. The van der Waals surface area contributed by atoms with Crippen molar-refractivity contribution in [1.82, 2.24) is 0 Å². The number of hydrogen-bond acceptors (Lipinski definition) is 9. The Morgan fingerprint density at radius 2 is 1.30 bits per heavy atom. The lowest BCUT2D eigenvalue weighted by Crippen LogP contribution is -2.48. The van der Waals surface area contributed by atoms with E-state index in [-0.39, 0.29) is 0 Å². The molecule has 0 aromatic rings. The minimum atomic E-state index is -5.32. The molecule has 4 atom stereocenters. The van der Waals surface area contributed by atoms with Crippen LogP contribution in [0.2, 0.25) is 0 Å². The van der Waals surface area contributed by atoms with Crippen molar-refractivity contribution in [3.63, 3.8) is 0 Å². The van der Waals surface area contributed by atoms with E-state index in [0.29, 0.717) is 0 Å². The van der Waals surface area contributed by atoms with Gasteiger partial charge < -0.3 is 34.7 Å². The molecule has 0 radical (unpaired) electrons. The normalized spacial score (nSPS) is 19.0. The summed E-state index contributed by atoms with van der Waals surface area (Å²) in [7, 11) is -10.6. The molecular weight excluding hydrogens is 330 g/mol. The van der Waals surface area contributed by atoms with Gasteiger partial charge in [0.2, 0.25) is 0 Å². The van der Waals surface area contributed by atoms with Gasteiger partial charge in [0.1, 0.15) is 12.2 Å². The second kappa shape index (κ2) is 7.02. The molecule has 0 rings (SSSR count). The van der Waals surface area contributed by atoms with Gasteiger partial charge in [-0.05, 0) is 0 Å². The topological polar surface area (TPSA) is 232 Å². The molecule has 0 aromatic carbocycles. The molecule has 120 valence electrons. The Morgan fingerprint density at radius 1 is 0.850 bits per heavy atom. The van der Waals surface area contributed by atoms with Crippen LogP contribution in [-0.4, -0.2) is 70.6 Å². The fourth-order valence-electron chi connectivity index (χ4n) is 0.869. The van der Waals surface area contributed by atoms with Crippen LogP contribution in [0.1, 0.15) is 0 Å². The maximum atomic E-state index is 10.9. The van der Waals surface area contributed by atoms with Gasteiger partial charge in [-0.1, -0.05) is 0 Å². The van der Waals surface area contributed by atoms with Gasteiger partial charge in [0.25, 0.3) is 0 Å². The van der Waals surface area contributed by atoms with Crippen LogP contribution in [0.15, 0.2) is 0 Å². The van der Waals surface area contributed by atoms with Crippen molar-refractivity contribution in [3.05, 3.63) is 0 Å². The summed E-state index contributed by atoms with van der Waals surface area (Å²) >= 11 is 0. The molecule has 0 heterocycles. The first-order chi connectivity index (χ1) is 8.74. The quantitative estimate of drug-likeness (QED) is 0.164. The van der Waals surface area contributed by atoms with E-state index in [4.69, 9.17) is 34.9 Å². The third kappa shape index (κ3) is 7.38. The molecule has 0 spiro atoms. The smallest absolute Gasteiger partial charge is 0.387 e. The predicted octanol–water partition coefficient (Wildman–Crippen LogP) is -3.87. The van der Waals surface area contributed by atoms with Crippen molar-refractivity contribution in [1.29, 1.82) is 0 Å². The van der Waals surface area contributed by atoms with E-state index >= 15 is 0 Å². The van der Waals surface area contributed by atoms with Crippen LogP contribution < -0.4 is 0 Å². The van der Waals surface area contributed by atoms with Gasteiger partial charge in [-0.15, -0.1) is 0 Å². The lowest BCUT2D eigenvalue weighted by molar-refractivity contribution is -0.182. The lowest BCUT2D eigenvalue weighted by atomic mass is 10.1. The van der Waals surface area contributed by atoms with Crippen LogP contribution in [0.25, 0.3) is 0 Å². The van der Waals surface area contributed by atoms with E-state index < -0.39 is 46.2 Å². The largest absolute Gasteiger partial charge is 0.527 e. The van der Waals surface area contributed by atoms with E-state index in [1.165, 1.54) is 0 Å². The molecule has 20 heavy (non-hydrogen) atoms. The van der Waals surface area contributed by atoms with Crippen LogP contribution >= 0.6 is 15.6 Å². The summed E-state index contributed by atoms with van der Waals surface area (Å²) in [6, 6.07) is 0. The third-order valence-electron chi connectivity index (χ3n) is 1.66. The molecule has 0 bridgehead atoms. The fourth-order valence-corrected chi connectivity index (χ4v) is 1.62. The Labute approximate surface area is 110 Å². The highest BCUT2D eigenvalue weighted by Crippen LogP contribution is 2.38. The van der Waals surface area contributed by atoms with Crippen molar-refractivity contribution >= 4 is 21.6 Å². The Hall–Kier alpha value is -0.430. The summed E-state index contributed by atoms with van der Waals surface area (Å²) in [5.41, 5.74) is 0. The van der Waals surface area contributed by atoms with E-state index in [0.717, 1.165) is 0 Å². The van der Waals surface area contributed by atoms with Gasteiger partial charge in [-0.25, -0.2) is 13.9 Å². The summed E-state index contributed by atoms with van der Waals surface area (Å²) in [6.45, 7) is 0. The minimum absolute atomic E-state index is 2.05. The summed E-state index contributed by atoms with van der Waals surface area (Å²) in [6.07, 6.45) is -10.6. The van der Waals surface area contributed by atoms with E-state index in [1.54, 1.807) is 0 Å². The van der Waals surface area contributed by atoms with Crippen LogP contribution in [-0.2, 0) is 23.0 Å². The number of carbonyl (C=O) groups is 1. The van der Waals surface area contributed by atoms with Gasteiger partial charge in [-0.2, -0.15) is 0 Å². The third-order valence-corrected chi connectivity index (χ3v) is 2.57. The first kappa shape index (κ1) is 19.6. The van der Waals surface area contributed by atoms with Gasteiger partial charge >= 0.3 is 21.6 Å². The van der Waals surface area contributed by atoms with Crippen LogP contribution in [0, 0.1) is 0 Å². The highest BCUT2D eigenvalue weighted by Gasteiger charge is 2.40. The molecule has 1 unspecified atom stereocenters. The number of aliphatic hydroxyl groups is 4. The van der Waals surface area contributed by atoms with Gasteiger partial charge in [-0.3, -0.25) is 14.3 Å². The maximum absolute atomic E-state index is 10.9. The van der Waals surface area contributed by atoms with Crippen molar-refractivity contribution in [2.24, 2.45) is 0 Å². The van der Waals surface area contributed by atoms with Crippen molar-refractivity contribution < 1.29 is 63.0 Å². The Balaban J connectivity index is 4.72. The highest BCUT2D eigenvalue weighted by molar-refractivity contribution is 7.47. The number of aliphatic hydroxyl groups excluding tert-OH is 4. The fraction of sp³-hybridized carbons (Fsp3) is 0.800. The average Bonchev–Trinajstić information content (AvgIpc) is 2.21. The molecule has 15 heteroatoms. The van der Waals surface area contributed by atoms with Crippen molar-refractivity contribution in [2.75, 3.05) is 0 Å². The molecule has 0 saturated carbocycles. The highest BCUT2D eigenvalue weighted by atomic mass is 31.2. The molecule has 0 amide bonds. The lowest BCUT2D eigenvalue weighted by Gasteiger charge is -2.25. The predicted molar refractivity (Wildman–Crippen MR) is 55.3 cm³/mol. The SMILES string of the molecule is O=C(OP(=O)(O)O)[C@H](O)[C@@H](O)[C@@H](O)C(O)OP(=O)(O)O. The molecule has 8 N–H and O–H groups in total. The van der Waals surface area contributed by atoms with Crippen LogP contribution in [0.3, 0.4) is 0 Å². The van der Waals surface area contributed by atoms with E-state index in [1.807, 2.05) is 0 Å². The second-order valence-electron chi connectivity index (χ2n) is 3.31. The minimum Gasteiger partial charge on any atom is -0.387 e. The number of rotatable bonds is 7. The Kier molecular flexibility index (Phi) is 6.87. The molecule has 13 nitrogen and oxygen atoms in total. The molecule has 0 aromatic heterocycles. The van der Waals surface area contributed by atoms with E-state index in [2.05, 4.69) is 9.05 Å².